The van der Waals surface area contributed by atoms with Gasteiger partial charge in [-0.3, -0.25) is 4.79 Å². The number of nitrogens with zero attached hydrogens (tertiary/aromatic N) is 3. The second kappa shape index (κ2) is 9.67. The fourth-order valence-corrected chi connectivity index (χ4v) is 2.98. The molecule has 1 heterocycles. The number of carbonyl (C=O) groups is 1. The lowest BCUT2D eigenvalue weighted by atomic mass is 9.86. The molecule has 0 saturated carbocycles. The van der Waals surface area contributed by atoms with Crippen molar-refractivity contribution in [3.63, 3.8) is 0 Å². The first-order valence-electron chi connectivity index (χ1n) is 10.00. The third kappa shape index (κ3) is 5.64. The van der Waals surface area contributed by atoms with Crippen molar-refractivity contribution in [3.05, 3.63) is 84.3 Å². The van der Waals surface area contributed by atoms with Gasteiger partial charge in [-0.1, -0.05) is 43.0 Å². The predicted molar refractivity (Wildman–Crippen MR) is 126 cm³/mol. The third-order valence-corrected chi connectivity index (χ3v) is 4.90. The van der Waals surface area contributed by atoms with E-state index < -0.39 is 5.41 Å². The number of nitrogens with one attached hydrogen (secondary N) is 3. The molecule has 1 aromatic heterocycles. The molecule has 3 aromatic rings. The van der Waals surface area contributed by atoms with Crippen LogP contribution in [0.4, 0.5) is 11.6 Å². The summed E-state index contributed by atoms with van der Waals surface area (Å²) in [5, 5.41) is 22.2. The highest BCUT2D eigenvalue weighted by Crippen LogP contribution is 2.25. The van der Waals surface area contributed by atoms with Crippen LogP contribution in [0.15, 0.2) is 73.2 Å². The van der Waals surface area contributed by atoms with Crippen molar-refractivity contribution in [1.82, 2.24) is 9.97 Å². The number of aromatic nitrogens is 2. The zero-order valence-corrected chi connectivity index (χ0v) is 18.0. The van der Waals surface area contributed by atoms with E-state index in [4.69, 9.17) is 5.41 Å². The lowest BCUT2D eigenvalue weighted by Gasteiger charge is -2.17. The van der Waals surface area contributed by atoms with Gasteiger partial charge < -0.3 is 16.0 Å². The van der Waals surface area contributed by atoms with Gasteiger partial charge in [0.2, 0.25) is 11.9 Å². The number of hydrogen-bond acceptors (Lipinski definition) is 6. The molecule has 3 N–H and O–H groups in total. The van der Waals surface area contributed by atoms with Gasteiger partial charge in [0.1, 0.15) is 0 Å². The number of amides is 1. The molecule has 0 fully saturated rings. The molecule has 1 amide bonds. The number of hydrogen-bond donors (Lipinski definition) is 3. The second-order valence-electron chi connectivity index (χ2n) is 7.83. The Morgan fingerprint density at radius 3 is 2.44 bits per heavy atom. The summed E-state index contributed by atoms with van der Waals surface area (Å²) in [7, 11) is 0. The van der Waals surface area contributed by atoms with Crippen LogP contribution in [-0.2, 0) is 16.6 Å². The molecule has 160 valence electrons. The van der Waals surface area contributed by atoms with Gasteiger partial charge >= 0.3 is 0 Å². The minimum atomic E-state index is -0.622. The molecular weight excluding hydrogens is 400 g/mol. The Labute approximate surface area is 187 Å². The predicted octanol–water partition coefficient (Wildman–Crippen LogP) is 4.70. The highest BCUT2D eigenvalue weighted by molar-refractivity contribution is 5.92. The number of anilines is 2. The molecule has 0 radical (unpaired) electrons. The van der Waals surface area contributed by atoms with Gasteiger partial charge in [-0.25, -0.2) is 9.97 Å². The smallest absolute Gasteiger partial charge is 0.228 e. The van der Waals surface area contributed by atoms with Gasteiger partial charge in [-0.2, -0.15) is 5.26 Å². The molecule has 32 heavy (non-hydrogen) atoms. The van der Waals surface area contributed by atoms with Crippen LogP contribution in [-0.4, -0.2) is 22.1 Å². The first-order valence-corrected chi connectivity index (χ1v) is 10.00. The topological polar surface area (TPSA) is 115 Å². The molecule has 7 heteroatoms. The van der Waals surface area contributed by atoms with Crippen LogP contribution in [0.2, 0.25) is 0 Å². The summed E-state index contributed by atoms with van der Waals surface area (Å²) < 4.78 is 0. The summed E-state index contributed by atoms with van der Waals surface area (Å²) >= 11 is 0. The summed E-state index contributed by atoms with van der Waals surface area (Å²) in [6.07, 6.45) is 4.70. The van der Waals surface area contributed by atoms with Crippen LogP contribution in [0.5, 0.6) is 0 Å². The number of nitriles is 1. The molecule has 0 aliphatic heterocycles. The van der Waals surface area contributed by atoms with Gasteiger partial charge in [0.15, 0.2) is 0 Å². The number of benzene rings is 2. The van der Waals surface area contributed by atoms with Crippen LogP contribution in [0.1, 0.15) is 25.0 Å². The highest BCUT2D eigenvalue weighted by atomic mass is 16.1. The summed E-state index contributed by atoms with van der Waals surface area (Å²) in [4.78, 5) is 20.9. The normalized spacial score (nSPS) is 10.7. The molecule has 0 aliphatic carbocycles. The van der Waals surface area contributed by atoms with Gasteiger partial charge in [0.05, 0.1) is 23.6 Å². The lowest BCUT2D eigenvalue weighted by Crippen LogP contribution is -2.17. The Morgan fingerprint density at radius 1 is 1.12 bits per heavy atom. The standard InChI is InChI=1S/C25H24N6O/c1-17(13-26)30-24-28-14-20(15-29-24)19-9-7-18(8-10-19)11-23(32)31-22-6-4-5-21(12-22)25(2,3)16-27/h4-10,12-15,26H,1,11H2,2-3H3,(H,31,32)(H,28,29,30). The van der Waals surface area contributed by atoms with Crippen LogP contribution in [0.25, 0.3) is 11.1 Å². The lowest BCUT2D eigenvalue weighted by molar-refractivity contribution is -0.115. The van der Waals surface area contributed by atoms with E-state index in [1.54, 1.807) is 12.4 Å². The minimum Gasteiger partial charge on any atom is -0.326 e. The summed E-state index contributed by atoms with van der Waals surface area (Å²) in [5.41, 5.74) is 3.95. The summed E-state index contributed by atoms with van der Waals surface area (Å²) in [5.74, 6) is 0.243. The van der Waals surface area contributed by atoms with Gasteiger partial charge in [0, 0.05) is 29.9 Å². The Kier molecular flexibility index (Phi) is 6.76. The van der Waals surface area contributed by atoms with Crippen molar-refractivity contribution in [3.8, 4) is 17.2 Å². The van der Waals surface area contributed by atoms with E-state index in [1.165, 1.54) is 0 Å². The van der Waals surface area contributed by atoms with E-state index in [9.17, 15) is 10.1 Å². The summed E-state index contributed by atoms with van der Waals surface area (Å²) in [6.45, 7) is 7.34. The average molecular weight is 425 g/mol. The number of carbonyl (C=O) groups excluding carboxylic acids is 1. The molecule has 2 aromatic carbocycles. The monoisotopic (exact) mass is 424 g/mol. The molecule has 0 atom stereocenters. The van der Waals surface area contributed by atoms with Crippen LogP contribution in [0, 0.1) is 16.7 Å². The Bertz CT molecular complexity index is 1170. The molecule has 0 bridgehead atoms. The molecule has 0 saturated heterocycles. The van der Waals surface area contributed by atoms with Crippen molar-refractivity contribution < 1.29 is 4.79 Å². The fourth-order valence-electron chi connectivity index (χ4n) is 2.98. The van der Waals surface area contributed by atoms with Gasteiger partial charge in [-0.05, 0) is 42.7 Å². The van der Waals surface area contributed by atoms with Crippen molar-refractivity contribution in [2.45, 2.75) is 25.7 Å². The Morgan fingerprint density at radius 2 is 1.81 bits per heavy atom. The third-order valence-electron chi connectivity index (χ3n) is 4.90. The maximum atomic E-state index is 12.5. The van der Waals surface area contributed by atoms with Crippen LogP contribution in [0.3, 0.4) is 0 Å². The van der Waals surface area contributed by atoms with Gasteiger partial charge in [-0.15, -0.1) is 0 Å². The molecule has 0 aliphatic rings. The zero-order chi connectivity index (χ0) is 23.1. The fraction of sp³-hybridized carbons (Fsp3) is 0.160. The number of rotatable bonds is 8. The minimum absolute atomic E-state index is 0.130. The van der Waals surface area contributed by atoms with Crippen molar-refractivity contribution in [1.29, 1.82) is 10.7 Å². The Hall–Kier alpha value is -4.31. The second-order valence-corrected chi connectivity index (χ2v) is 7.83. The zero-order valence-electron chi connectivity index (χ0n) is 18.0. The first kappa shape index (κ1) is 22.4. The SMILES string of the molecule is C=C(C=N)Nc1ncc(-c2ccc(CC(=O)Nc3cccc(C(C)(C)C#N)c3)cc2)cn1. The average Bonchev–Trinajstić information content (AvgIpc) is 2.80. The molecule has 0 spiro atoms. The maximum absolute atomic E-state index is 12.5. The molecular formula is C25H24N6O. The van der Waals surface area contributed by atoms with Crippen molar-refractivity contribution in [2.24, 2.45) is 0 Å². The molecule has 3 rings (SSSR count). The molecule has 7 nitrogen and oxygen atoms in total. The maximum Gasteiger partial charge on any atom is 0.228 e. The van der Waals surface area contributed by atoms with E-state index in [0.29, 0.717) is 17.3 Å². The van der Waals surface area contributed by atoms with E-state index >= 15 is 0 Å². The van der Waals surface area contributed by atoms with E-state index in [2.05, 4.69) is 33.2 Å². The largest absolute Gasteiger partial charge is 0.326 e. The van der Waals surface area contributed by atoms with E-state index in [1.807, 2.05) is 62.4 Å². The Balaban J connectivity index is 1.63. The summed E-state index contributed by atoms with van der Waals surface area (Å²) in [6, 6.07) is 17.3. The molecule has 0 unspecified atom stereocenters. The highest BCUT2D eigenvalue weighted by Gasteiger charge is 2.20. The van der Waals surface area contributed by atoms with Crippen LogP contribution < -0.4 is 10.6 Å². The van der Waals surface area contributed by atoms with Gasteiger partial charge in [0.25, 0.3) is 0 Å². The van der Waals surface area contributed by atoms with E-state index in [-0.39, 0.29) is 12.3 Å². The van der Waals surface area contributed by atoms with Crippen molar-refractivity contribution >= 4 is 23.8 Å². The van der Waals surface area contributed by atoms with Crippen molar-refractivity contribution in [2.75, 3.05) is 10.6 Å². The number of allylic oxidation sites excluding steroid dienone is 1. The first-order chi connectivity index (χ1) is 15.3. The van der Waals surface area contributed by atoms with Crippen LogP contribution >= 0.6 is 0 Å². The van der Waals surface area contributed by atoms with E-state index in [0.717, 1.165) is 28.5 Å². The quantitative estimate of drug-likeness (QED) is 0.453.